The van der Waals surface area contributed by atoms with Crippen LogP contribution in [0.15, 0.2) is 48.7 Å². The predicted octanol–water partition coefficient (Wildman–Crippen LogP) is 2.83. The summed E-state index contributed by atoms with van der Waals surface area (Å²) < 4.78 is 0. The van der Waals surface area contributed by atoms with Gasteiger partial charge in [0.2, 0.25) is 5.91 Å². The SMILES string of the molecule is CC(=O)N(c1ncccc1C(=O)c1ccccc1)C1CC1. The van der Waals surface area contributed by atoms with Gasteiger partial charge in [0.05, 0.1) is 5.56 Å². The van der Waals surface area contributed by atoms with Gasteiger partial charge < -0.3 is 0 Å². The fourth-order valence-corrected chi connectivity index (χ4v) is 2.42. The Morgan fingerprint density at radius 2 is 1.81 bits per heavy atom. The summed E-state index contributed by atoms with van der Waals surface area (Å²) >= 11 is 0. The fourth-order valence-electron chi connectivity index (χ4n) is 2.42. The van der Waals surface area contributed by atoms with Crippen molar-refractivity contribution >= 4 is 17.5 Å². The van der Waals surface area contributed by atoms with Crippen molar-refractivity contribution in [1.29, 1.82) is 0 Å². The van der Waals surface area contributed by atoms with Gasteiger partial charge in [-0.05, 0) is 25.0 Å². The summed E-state index contributed by atoms with van der Waals surface area (Å²) in [5, 5.41) is 0. The second-order valence-electron chi connectivity index (χ2n) is 5.19. The molecule has 0 bridgehead atoms. The van der Waals surface area contributed by atoms with Gasteiger partial charge in [0, 0.05) is 24.7 Å². The molecule has 1 aliphatic rings. The van der Waals surface area contributed by atoms with Gasteiger partial charge in [0.25, 0.3) is 0 Å². The van der Waals surface area contributed by atoms with Gasteiger partial charge in [-0.3, -0.25) is 14.5 Å². The average molecular weight is 280 g/mol. The zero-order valence-corrected chi connectivity index (χ0v) is 11.8. The second-order valence-corrected chi connectivity index (χ2v) is 5.19. The standard InChI is InChI=1S/C17H16N2O2/c1-12(20)19(14-9-10-14)17-15(8-5-11-18-17)16(21)13-6-3-2-4-7-13/h2-8,11,14H,9-10H2,1H3. The van der Waals surface area contributed by atoms with E-state index in [-0.39, 0.29) is 17.7 Å². The van der Waals surface area contributed by atoms with E-state index in [2.05, 4.69) is 4.98 Å². The van der Waals surface area contributed by atoms with Crippen LogP contribution in [-0.2, 0) is 4.79 Å². The van der Waals surface area contributed by atoms with Crippen LogP contribution >= 0.6 is 0 Å². The van der Waals surface area contributed by atoms with Crippen LogP contribution in [0.3, 0.4) is 0 Å². The lowest BCUT2D eigenvalue weighted by Gasteiger charge is -2.21. The van der Waals surface area contributed by atoms with Crippen molar-refractivity contribution < 1.29 is 9.59 Å². The van der Waals surface area contributed by atoms with Crippen molar-refractivity contribution in [2.24, 2.45) is 0 Å². The molecule has 1 aromatic carbocycles. The molecular weight excluding hydrogens is 264 g/mol. The molecule has 0 aliphatic heterocycles. The van der Waals surface area contributed by atoms with Crippen molar-refractivity contribution in [1.82, 2.24) is 4.98 Å². The zero-order valence-electron chi connectivity index (χ0n) is 11.8. The van der Waals surface area contributed by atoms with Gasteiger partial charge in [-0.25, -0.2) is 4.98 Å². The van der Waals surface area contributed by atoms with Gasteiger partial charge in [0.1, 0.15) is 5.82 Å². The number of anilines is 1. The first-order valence-electron chi connectivity index (χ1n) is 7.03. The van der Waals surface area contributed by atoms with E-state index in [1.54, 1.807) is 35.4 Å². The molecule has 1 amide bonds. The minimum atomic E-state index is -0.106. The van der Waals surface area contributed by atoms with Crippen LogP contribution in [0.2, 0.25) is 0 Å². The number of ketones is 1. The lowest BCUT2D eigenvalue weighted by atomic mass is 10.0. The number of carbonyl (C=O) groups is 2. The van der Waals surface area contributed by atoms with Crippen molar-refractivity contribution in [2.75, 3.05) is 4.90 Å². The summed E-state index contributed by atoms with van der Waals surface area (Å²) in [6.45, 7) is 1.52. The summed E-state index contributed by atoms with van der Waals surface area (Å²) in [5.74, 6) is 0.297. The van der Waals surface area contributed by atoms with Gasteiger partial charge in [-0.2, -0.15) is 0 Å². The third-order valence-electron chi connectivity index (χ3n) is 3.55. The van der Waals surface area contributed by atoms with Crippen LogP contribution < -0.4 is 4.90 Å². The van der Waals surface area contributed by atoms with Gasteiger partial charge in [0.15, 0.2) is 5.78 Å². The van der Waals surface area contributed by atoms with E-state index >= 15 is 0 Å². The molecule has 1 heterocycles. The maximum Gasteiger partial charge on any atom is 0.225 e. The normalized spacial score (nSPS) is 13.8. The minimum absolute atomic E-state index is 0.0710. The number of rotatable bonds is 4. The monoisotopic (exact) mass is 280 g/mol. The quantitative estimate of drug-likeness (QED) is 0.809. The first kappa shape index (κ1) is 13.5. The first-order chi connectivity index (χ1) is 10.2. The summed E-state index contributed by atoms with van der Waals surface area (Å²) in [4.78, 5) is 30.5. The smallest absolute Gasteiger partial charge is 0.225 e. The van der Waals surface area contributed by atoms with E-state index in [9.17, 15) is 9.59 Å². The van der Waals surface area contributed by atoms with Crippen LogP contribution in [0.1, 0.15) is 35.7 Å². The summed E-state index contributed by atoms with van der Waals surface area (Å²) in [6, 6.07) is 12.7. The summed E-state index contributed by atoms with van der Waals surface area (Å²) in [5.41, 5.74) is 1.08. The Bertz CT molecular complexity index is 678. The van der Waals surface area contributed by atoms with Crippen LogP contribution in [0, 0.1) is 0 Å². The average Bonchev–Trinajstić information content (AvgIpc) is 3.32. The Hall–Kier alpha value is -2.49. The second kappa shape index (κ2) is 5.48. The number of benzene rings is 1. The number of hydrogen-bond donors (Lipinski definition) is 0. The van der Waals surface area contributed by atoms with E-state index < -0.39 is 0 Å². The fraction of sp³-hybridized carbons (Fsp3) is 0.235. The molecule has 4 nitrogen and oxygen atoms in total. The molecule has 1 aliphatic carbocycles. The van der Waals surface area contributed by atoms with E-state index in [1.807, 2.05) is 18.2 Å². The Balaban J connectivity index is 2.03. The largest absolute Gasteiger partial charge is 0.293 e. The van der Waals surface area contributed by atoms with E-state index in [0.29, 0.717) is 16.9 Å². The Labute approximate surface area is 123 Å². The van der Waals surface area contributed by atoms with Crippen molar-refractivity contribution in [3.63, 3.8) is 0 Å². The Kier molecular flexibility index (Phi) is 3.52. The Morgan fingerprint density at radius 1 is 1.10 bits per heavy atom. The van der Waals surface area contributed by atoms with E-state index in [0.717, 1.165) is 12.8 Å². The van der Waals surface area contributed by atoms with Gasteiger partial charge in [-0.15, -0.1) is 0 Å². The third-order valence-corrected chi connectivity index (χ3v) is 3.55. The molecule has 1 aromatic heterocycles. The van der Waals surface area contributed by atoms with Gasteiger partial charge in [-0.1, -0.05) is 30.3 Å². The number of amides is 1. The van der Waals surface area contributed by atoms with Crippen LogP contribution in [0.25, 0.3) is 0 Å². The number of aromatic nitrogens is 1. The molecule has 3 rings (SSSR count). The highest BCUT2D eigenvalue weighted by Crippen LogP contribution is 2.33. The third kappa shape index (κ3) is 2.70. The topological polar surface area (TPSA) is 50.3 Å². The maximum absolute atomic E-state index is 12.7. The van der Waals surface area contributed by atoms with E-state index in [1.165, 1.54) is 6.92 Å². The number of carbonyl (C=O) groups excluding carboxylic acids is 2. The minimum Gasteiger partial charge on any atom is -0.293 e. The molecule has 0 saturated heterocycles. The van der Waals surface area contributed by atoms with Crippen LogP contribution in [0.4, 0.5) is 5.82 Å². The molecule has 0 N–H and O–H groups in total. The van der Waals surface area contributed by atoms with Crippen LogP contribution in [0.5, 0.6) is 0 Å². The lowest BCUT2D eigenvalue weighted by molar-refractivity contribution is -0.116. The van der Waals surface area contributed by atoms with Gasteiger partial charge >= 0.3 is 0 Å². The molecule has 21 heavy (non-hydrogen) atoms. The molecule has 0 unspecified atom stereocenters. The maximum atomic E-state index is 12.7. The number of pyridine rings is 1. The highest BCUT2D eigenvalue weighted by Gasteiger charge is 2.34. The Morgan fingerprint density at radius 3 is 2.43 bits per heavy atom. The highest BCUT2D eigenvalue weighted by atomic mass is 16.2. The number of hydrogen-bond acceptors (Lipinski definition) is 3. The molecule has 106 valence electrons. The molecule has 4 heteroatoms. The molecule has 1 saturated carbocycles. The molecule has 0 radical (unpaired) electrons. The molecular formula is C17H16N2O2. The first-order valence-corrected chi connectivity index (χ1v) is 7.03. The highest BCUT2D eigenvalue weighted by molar-refractivity contribution is 6.13. The molecule has 2 aromatic rings. The van der Waals surface area contributed by atoms with Crippen molar-refractivity contribution in [2.45, 2.75) is 25.8 Å². The molecule has 0 atom stereocenters. The molecule has 1 fully saturated rings. The number of nitrogens with zero attached hydrogens (tertiary/aromatic N) is 2. The molecule has 0 spiro atoms. The van der Waals surface area contributed by atoms with Crippen molar-refractivity contribution in [3.8, 4) is 0 Å². The van der Waals surface area contributed by atoms with Crippen LogP contribution in [-0.4, -0.2) is 22.7 Å². The predicted molar refractivity (Wildman–Crippen MR) is 80.3 cm³/mol. The van der Waals surface area contributed by atoms with E-state index in [4.69, 9.17) is 0 Å². The zero-order chi connectivity index (χ0) is 14.8. The summed E-state index contributed by atoms with van der Waals surface area (Å²) in [6.07, 6.45) is 3.56. The van der Waals surface area contributed by atoms with Crippen molar-refractivity contribution in [3.05, 3.63) is 59.8 Å². The summed E-state index contributed by atoms with van der Waals surface area (Å²) in [7, 11) is 0. The lowest BCUT2D eigenvalue weighted by Crippen LogP contribution is -2.33.